The van der Waals surface area contributed by atoms with Crippen LogP contribution < -0.4 is 11.1 Å². The number of nitrogens with zero attached hydrogens (tertiary/aromatic N) is 3. The first-order chi connectivity index (χ1) is 8.19. The largest absolute Gasteiger partial charge is 0.384 e. The number of aromatic nitrogens is 4. The van der Waals surface area contributed by atoms with Gasteiger partial charge in [-0.05, 0) is 12.1 Å². The van der Waals surface area contributed by atoms with Crippen LogP contribution in [0, 0.1) is 0 Å². The molecule has 0 saturated carbocycles. The van der Waals surface area contributed by atoms with E-state index in [0.717, 1.165) is 0 Å². The third kappa shape index (κ3) is 2.57. The lowest BCUT2D eigenvalue weighted by atomic mass is 10.4. The Morgan fingerprint density at radius 1 is 1.53 bits per heavy atom. The SMILES string of the molecule is CCc1nc(C(=O)Nc2ccc(N)nc2)n[nH]1. The van der Waals surface area contributed by atoms with Crippen molar-refractivity contribution < 1.29 is 4.79 Å². The molecule has 2 aromatic rings. The summed E-state index contributed by atoms with van der Waals surface area (Å²) in [7, 11) is 0. The van der Waals surface area contributed by atoms with Crippen LogP contribution >= 0.6 is 0 Å². The standard InChI is InChI=1S/C10H12N6O/c1-2-8-14-9(16-15-8)10(17)13-6-3-4-7(11)12-5-6/h3-5H,2H2,1H3,(H2,11,12)(H,13,17)(H,14,15,16). The number of nitrogens with one attached hydrogen (secondary N) is 2. The van der Waals surface area contributed by atoms with Gasteiger partial charge < -0.3 is 11.1 Å². The molecule has 2 heterocycles. The second-order valence-electron chi connectivity index (χ2n) is 3.39. The van der Waals surface area contributed by atoms with Crippen molar-refractivity contribution in [3.05, 3.63) is 30.0 Å². The molecule has 4 N–H and O–H groups in total. The molecule has 0 radical (unpaired) electrons. The Morgan fingerprint density at radius 3 is 2.94 bits per heavy atom. The van der Waals surface area contributed by atoms with Crippen LogP contribution in [0.1, 0.15) is 23.4 Å². The molecule has 0 spiro atoms. The van der Waals surface area contributed by atoms with Crippen molar-refractivity contribution >= 4 is 17.4 Å². The number of nitrogens with two attached hydrogens (primary N) is 1. The summed E-state index contributed by atoms with van der Waals surface area (Å²) < 4.78 is 0. The molecular weight excluding hydrogens is 220 g/mol. The molecule has 17 heavy (non-hydrogen) atoms. The van der Waals surface area contributed by atoms with E-state index in [1.807, 2.05) is 6.92 Å². The smallest absolute Gasteiger partial charge is 0.295 e. The monoisotopic (exact) mass is 232 g/mol. The molecule has 0 fully saturated rings. The van der Waals surface area contributed by atoms with Crippen LogP contribution in [0.2, 0.25) is 0 Å². The Morgan fingerprint density at radius 2 is 2.35 bits per heavy atom. The summed E-state index contributed by atoms with van der Waals surface area (Å²) in [6, 6.07) is 3.26. The highest BCUT2D eigenvalue weighted by Gasteiger charge is 2.11. The highest BCUT2D eigenvalue weighted by atomic mass is 16.2. The van der Waals surface area contributed by atoms with Gasteiger partial charge in [0.05, 0.1) is 11.9 Å². The van der Waals surface area contributed by atoms with Gasteiger partial charge in [0.15, 0.2) is 0 Å². The summed E-state index contributed by atoms with van der Waals surface area (Å²) in [5.74, 6) is 0.797. The van der Waals surface area contributed by atoms with E-state index in [2.05, 4.69) is 25.5 Å². The number of aromatic amines is 1. The first-order valence-electron chi connectivity index (χ1n) is 5.13. The Labute approximate surface area is 97.5 Å². The molecular formula is C10H12N6O. The maximum Gasteiger partial charge on any atom is 0.295 e. The van der Waals surface area contributed by atoms with E-state index in [-0.39, 0.29) is 11.7 Å². The number of H-pyrrole nitrogens is 1. The van der Waals surface area contributed by atoms with Gasteiger partial charge in [-0.2, -0.15) is 0 Å². The predicted octanol–water partition coefficient (Wildman–Crippen LogP) is 0.597. The Kier molecular flexibility index (Phi) is 2.99. The number of pyridine rings is 1. The minimum absolute atomic E-state index is 0.110. The number of amides is 1. The molecule has 1 amide bonds. The Balaban J connectivity index is 2.08. The van der Waals surface area contributed by atoms with Crippen LogP contribution in [-0.2, 0) is 6.42 Å². The second kappa shape index (κ2) is 4.60. The van der Waals surface area contributed by atoms with Gasteiger partial charge in [-0.25, -0.2) is 9.97 Å². The average Bonchev–Trinajstić information content (AvgIpc) is 2.81. The van der Waals surface area contributed by atoms with Crippen molar-refractivity contribution in [2.24, 2.45) is 0 Å². The number of hydrogen-bond acceptors (Lipinski definition) is 5. The van der Waals surface area contributed by atoms with Crippen molar-refractivity contribution in [1.82, 2.24) is 20.2 Å². The summed E-state index contributed by atoms with van der Waals surface area (Å²) >= 11 is 0. The summed E-state index contributed by atoms with van der Waals surface area (Å²) in [6.07, 6.45) is 2.17. The van der Waals surface area contributed by atoms with Gasteiger partial charge in [0.2, 0.25) is 5.82 Å². The number of rotatable bonds is 3. The normalized spacial score (nSPS) is 10.2. The zero-order chi connectivity index (χ0) is 12.3. The van der Waals surface area contributed by atoms with Gasteiger partial charge in [-0.15, -0.1) is 5.10 Å². The molecule has 2 rings (SSSR count). The molecule has 0 aliphatic rings. The third-order valence-corrected chi connectivity index (χ3v) is 2.11. The summed E-state index contributed by atoms with van der Waals surface area (Å²) in [5, 5.41) is 9.10. The highest BCUT2D eigenvalue weighted by molar-refractivity contribution is 6.01. The fraction of sp³-hybridized carbons (Fsp3) is 0.200. The third-order valence-electron chi connectivity index (χ3n) is 2.11. The Hall–Kier alpha value is -2.44. The predicted molar refractivity (Wildman–Crippen MR) is 62.4 cm³/mol. The number of hydrogen-bond donors (Lipinski definition) is 3. The zero-order valence-electron chi connectivity index (χ0n) is 9.27. The lowest BCUT2D eigenvalue weighted by Crippen LogP contribution is -2.14. The first kappa shape index (κ1) is 11.1. The van der Waals surface area contributed by atoms with Gasteiger partial charge in [0.25, 0.3) is 5.91 Å². The van der Waals surface area contributed by atoms with Gasteiger partial charge >= 0.3 is 0 Å². The molecule has 0 saturated heterocycles. The van der Waals surface area contributed by atoms with E-state index >= 15 is 0 Å². The quantitative estimate of drug-likeness (QED) is 0.717. The number of anilines is 2. The minimum Gasteiger partial charge on any atom is -0.384 e. The van der Waals surface area contributed by atoms with Crippen molar-refractivity contribution in [2.45, 2.75) is 13.3 Å². The second-order valence-corrected chi connectivity index (χ2v) is 3.39. The molecule has 0 atom stereocenters. The van der Waals surface area contributed by atoms with Crippen LogP contribution in [-0.4, -0.2) is 26.1 Å². The van der Waals surface area contributed by atoms with E-state index < -0.39 is 0 Å². The van der Waals surface area contributed by atoms with E-state index in [1.165, 1.54) is 6.20 Å². The zero-order valence-corrected chi connectivity index (χ0v) is 9.27. The molecule has 0 aromatic carbocycles. The van der Waals surface area contributed by atoms with Gasteiger partial charge in [0, 0.05) is 6.42 Å². The van der Waals surface area contributed by atoms with Gasteiger partial charge in [-0.3, -0.25) is 9.89 Å². The van der Waals surface area contributed by atoms with Crippen LogP contribution in [0.4, 0.5) is 11.5 Å². The van der Waals surface area contributed by atoms with Crippen molar-refractivity contribution in [1.29, 1.82) is 0 Å². The summed E-state index contributed by atoms with van der Waals surface area (Å²) in [5.41, 5.74) is 5.98. The first-order valence-corrected chi connectivity index (χ1v) is 5.13. The van der Waals surface area contributed by atoms with E-state index in [9.17, 15) is 4.79 Å². The van der Waals surface area contributed by atoms with Crippen LogP contribution in [0.3, 0.4) is 0 Å². The average molecular weight is 232 g/mol. The molecule has 88 valence electrons. The molecule has 0 aliphatic heterocycles. The van der Waals surface area contributed by atoms with E-state index in [0.29, 0.717) is 23.8 Å². The number of carbonyl (C=O) groups excluding carboxylic acids is 1. The fourth-order valence-electron chi connectivity index (χ4n) is 1.22. The topological polar surface area (TPSA) is 110 Å². The van der Waals surface area contributed by atoms with E-state index in [1.54, 1.807) is 12.1 Å². The minimum atomic E-state index is -0.382. The van der Waals surface area contributed by atoms with E-state index in [4.69, 9.17) is 5.73 Å². The number of carbonyl (C=O) groups is 1. The number of aryl methyl sites for hydroxylation is 1. The Bertz CT molecular complexity index is 518. The summed E-state index contributed by atoms with van der Waals surface area (Å²) in [4.78, 5) is 19.6. The molecule has 7 nitrogen and oxygen atoms in total. The van der Waals surface area contributed by atoms with Crippen molar-refractivity contribution in [3.8, 4) is 0 Å². The lowest BCUT2D eigenvalue weighted by molar-refractivity contribution is 0.101. The molecule has 0 unspecified atom stereocenters. The highest BCUT2D eigenvalue weighted by Crippen LogP contribution is 2.08. The summed E-state index contributed by atoms with van der Waals surface area (Å²) in [6.45, 7) is 1.92. The van der Waals surface area contributed by atoms with Gasteiger partial charge in [-0.1, -0.05) is 6.92 Å². The van der Waals surface area contributed by atoms with Gasteiger partial charge in [0.1, 0.15) is 11.6 Å². The maximum absolute atomic E-state index is 11.7. The molecule has 0 bridgehead atoms. The van der Waals surface area contributed by atoms with Crippen molar-refractivity contribution in [3.63, 3.8) is 0 Å². The lowest BCUT2D eigenvalue weighted by Gasteiger charge is -2.01. The number of nitrogen functional groups attached to an aromatic ring is 1. The molecule has 0 aliphatic carbocycles. The van der Waals surface area contributed by atoms with Crippen LogP contribution in [0.5, 0.6) is 0 Å². The fourth-order valence-corrected chi connectivity index (χ4v) is 1.22. The maximum atomic E-state index is 11.7. The van der Waals surface area contributed by atoms with Crippen molar-refractivity contribution in [2.75, 3.05) is 11.1 Å². The van der Waals surface area contributed by atoms with Crippen LogP contribution in [0.15, 0.2) is 18.3 Å². The van der Waals surface area contributed by atoms with Crippen LogP contribution in [0.25, 0.3) is 0 Å². The molecule has 7 heteroatoms. The molecule has 2 aromatic heterocycles.